The predicted octanol–water partition coefficient (Wildman–Crippen LogP) is 1.95. The Labute approximate surface area is 114 Å². The second-order valence-corrected chi connectivity index (χ2v) is 4.71. The van der Waals surface area contributed by atoms with E-state index in [9.17, 15) is 9.59 Å². The zero-order valence-electron chi connectivity index (χ0n) is 10.00. The number of carbonyl (C=O) groups excluding carboxylic acids is 2. The number of pyridine rings is 1. The highest BCUT2D eigenvalue weighted by atomic mass is 32.1. The molecule has 0 aliphatic rings. The van der Waals surface area contributed by atoms with Crippen molar-refractivity contribution in [1.29, 1.82) is 0 Å². The van der Waals surface area contributed by atoms with Crippen LogP contribution in [0.1, 0.15) is 10.6 Å². The Morgan fingerprint density at radius 3 is 2.89 bits per heavy atom. The van der Waals surface area contributed by atoms with Gasteiger partial charge in [-0.2, -0.15) is 0 Å². The Morgan fingerprint density at radius 2 is 2.26 bits per heavy atom. The third-order valence-corrected chi connectivity index (χ3v) is 3.21. The maximum Gasteiger partial charge on any atom is 0.255 e. The molecule has 1 radical (unpaired) electrons. The van der Waals surface area contributed by atoms with Gasteiger partial charge < -0.3 is 5.32 Å². The maximum atomic E-state index is 11.8. The first-order valence-electron chi connectivity index (χ1n) is 5.61. The monoisotopic (exact) mass is 271 g/mol. The van der Waals surface area contributed by atoms with Crippen LogP contribution in [-0.2, 0) is 16.1 Å². The van der Waals surface area contributed by atoms with Gasteiger partial charge in [0.25, 0.3) is 5.91 Å². The summed E-state index contributed by atoms with van der Waals surface area (Å²) in [5.41, 5.74) is 0.488. The zero-order chi connectivity index (χ0) is 13.5. The predicted molar refractivity (Wildman–Crippen MR) is 74.1 cm³/mol. The van der Waals surface area contributed by atoms with Crippen LogP contribution in [0.4, 0.5) is 0 Å². The average Bonchev–Trinajstić information content (AvgIpc) is 2.96. The Hall–Kier alpha value is -2.27. The highest BCUT2D eigenvalue weighted by molar-refractivity contribution is 7.09. The number of nitrogens with one attached hydrogen (secondary N) is 1. The number of carbonyl (C=O) groups is 1. The fraction of sp³-hybridized carbons (Fsp3) is 0.0714. The lowest BCUT2D eigenvalue weighted by Gasteiger charge is -2.02. The minimum absolute atomic E-state index is 0.0599. The molecule has 0 aromatic carbocycles. The molecule has 2 aromatic heterocycles. The summed E-state index contributed by atoms with van der Waals surface area (Å²) < 4.78 is 0. The first kappa shape index (κ1) is 13.2. The van der Waals surface area contributed by atoms with Crippen LogP contribution in [0.3, 0.4) is 0 Å². The van der Waals surface area contributed by atoms with Gasteiger partial charge in [-0.25, -0.2) is 0 Å². The maximum absolute atomic E-state index is 11.8. The van der Waals surface area contributed by atoms with Crippen molar-refractivity contribution in [3.8, 4) is 0 Å². The Morgan fingerprint density at radius 1 is 1.37 bits per heavy atom. The molecule has 95 valence electrons. The topological polar surface area (TPSA) is 59.1 Å². The molecular formula is C14H11N2O2S. The molecular weight excluding hydrogens is 260 g/mol. The van der Waals surface area contributed by atoms with Crippen molar-refractivity contribution in [2.24, 2.45) is 0 Å². The molecule has 0 bridgehead atoms. The van der Waals surface area contributed by atoms with Gasteiger partial charge in [0.05, 0.1) is 17.8 Å². The van der Waals surface area contributed by atoms with Crippen LogP contribution >= 0.6 is 11.3 Å². The van der Waals surface area contributed by atoms with Crippen LogP contribution in [0.5, 0.6) is 0 Å². The van der Waals surface area contributed by atoms with Crippen LogP contribution < -0.4 is 5.32 Å². The lowest BCUT2D eigenvalue weighted by Crippen LogP contribution is -2.24. The molecule has 5 heteroatoms. The van der Waals surface area contributed by atoms with Crippen LogP contribution in [0.2, 0.25) is 0 Å². The number of thiophene rings is 1. The van der Waals surface area contributed by atoms with E-state index in [1.807, 2.05) is 17.5 Å². The highest BCUT2D eigenvalue weighted by Crippen LogP contribution is 2.08. The zero-order valence-corrected chi connectivity index (χ0v) is 10.8. The Balaban J connectivity index is 2.03. The molecule has 0 fully saturated rings. The lowest BCUT2D eigenvalue weighted by molar-refractivity contribution is -0.117. The highest BCUT2D eigenvalue weighted by Gasteiger charge is 2.09. The van der Waals surface area contributed by atoms with Gasteiger partial charge in [0.15, 0.2) is 0 Å². The van der Waals surface area contributed by atoms with Crippen molar-refractivity contribution < 1.29 is 9.59 Å². The molecule has 19 heavy (non-hydrogen) atoms. The molecule has 0 spiro atoms. The molecule has 2 aromatic rings. The molecule has 0 aliphatic heterocycles. The van der Waals surface area contributed by atoms with Gasteiger partial charge in [0.2, 0.25) is 6.29 Å². The van der Waals surface area contributed by atoms with Crippen LogP contribution in [-0.4, -0.2) is 17.2 Å². The van der Waals surface area contributed by atoms with E-state index < -0.39 is 5.91 Å². The summed E-state index contributed by atoms with van der Waals surface area (Å²) >= 11 is 1.54. The summed E-state index contributed by atoms with van der Waals surface area (Å²) in [5.74, 6) is -0.450. The first-order valence-corrected chi connectivity index (χ1v) is 6.49. The average molecular weight is 271 g/mol. The standard InChI is InChI=1S/C14H11N2O2S/c17-10-11(8-12-4-1-2-6-15-12)14(18)16-9-13-5-3-7-19-13/h1-8H,9H2,(H,16,18)/b11-8+. The number of rotatable bonds is 5. The number of amides is 1. The molecule has 4 nitrogen and oxygen atoms in total. The summed E-state index contributed by atoms with van der Waals surface area (Å²) in [6.07, 6.45) is 4.65. The Kier molecular flexibility index (Phi) is 4.58. The SMILES string of the molecule is O=[C]/C(=C\c1ccccn1)C(=O)NCc1cccs1. The van der Waals surface area contributed by atoms with E-state index >= 15 is 0 Å². The minimum Gasteiger partial charge on any atom is -0.347 e. The van der Waals surface area contributed by atoms with Crippen molar-refractivity contribution >= 4 is 29.6 Å². The van der Waals surface area contributed by atoms with Gasteiger partial charge in [0.1, 0.15) is 0 Å². The van der Waals surface area contributed by atoms with Gasteiger partial charge in [-0.05, 0) is 29.7 Å². The van der Waals surface area contributed by atoms with E-state index in [1.54, 1.807) is 42.0 Å². The summed E-state index contributed by atoms with van der Waals surface area (Å²) in [4.78, 5) is 27.7. The van der Waals surface area contributed by atoms with E-state index in [-0.39, 0.29) is 5.57 Å². The van der Waals surface area contributed by atoms with E-state index in [2.05, 4.69) is 10.3 Å². The van der Waals surface area contributed by atoms with Crippen molar-refractivity contribution in [2.45, 2.75) is 6.54 Å². The smallest absolute Gasteiger partial charge is 0.255 e. The molecule has 0 saturated carbocycles. The Bertz CT molecular complexity index is 577. The number of nitrogens with zero attached hydrogens (tertiary/aromatic N) is 1. The van der Waals surface area contributed by atoms with Gasteiger partial charge in [-0.15, -0.1) is 11.3 Å². The van der Waals surface area contributed by atoms with Crippen LogP contribution in [0, 0.1) is 0 Å². The normalized spacial score (nSPS) is 11.1. The molecule has 0 atom stereocenters. The second-order valence-electron chi connectivity index (χ2n) is 3.68. The molecule has 0 unspecified atom stereocenters. The van der Waals surface area contributed by atoms with Crippen molar-refractivity contribution in [3.63, 3.8) is 0 Å². The first-order chi connectivity index (χ1) is 9.29. The molecule has 1 N–H and O–H groups in total. The van der Waals surface area contributed by atoms with Gasteiger partial charge in [0, 0.05) is 11.1 Å². The van der Waals surface area contributed by atoms with Crippen LogP contribution in [0.15, 0.2) is 47.5 Å². The quantitative estimate of drug-likeness (QED) is 0.514. The number of hydrogen-bond donors (Lipinski definition) is 1. The summed E-state index contributed by atoms with van der Waals surface area (Å²) in [6, 6.07) is 9.08. The lowest BCUT2D eigenvalue weighted by atomic mass is 10.2. The largest absolute Gasteiger partial charge is 0.347 e. The molecule has 2 heterocycles. The molecule has 0 aliphatic carbocycles. The molecule has 0 saturated heterocycles. The van der Waals surface area contributed by atoms with Crippen molar-refractivity contribution in [2.75, 3.05) is 0 Å². The summed E-state index contributed by atoms with van der Waals surface area (Å²) in [7, 11) is 0. The fourth-order valence-electron chi connectivity index (χ4n) is 1.43. The summed E-state index contributed by atoms with van der Waals surface area (Å²) in [5, 5.41) is 4.60. The second kappa shape index (κ2) is 6.61. The van der Waals surface area contributed by atoms with E-state index in [0.717, 1.165) is 4.88 Å². The third-order valence-electron chi connectivity index (χ3n) is 2.34. The van der Waals surface area contributed by atoms with Crippen LogP contribution in [0.25, 0.3) is 6.08 Å². The fourth-order valence-corrected chi connectivity index (χ4v) is 2.07. The molecule has 1 amide bonds. The van der Waals surface area contributed by atoms with Gasteiger partial charge >= 0.3 is 0 Å². The van der Waals surface area contributed by atoms with Gasteiger partial charge in [-0.3, -0.25) is 14.6 Å². The van der Waals surface area contributed by atoms with E-state index in [1.165, 1.54) is 6.08 Å². The number of hydrogen-bond acceptors (Lipinski definition) is 4. The van der Waals surface area contributed by atoms with Crippen molar-refractivity contribution in [1.82, 2.24) is 10.3 Å². The van der Waals surface area contributed by atoms with Gasteiger partial charge in [-0.1, -0.05) is 12.1 Å². The number of aromatic nitrogens is 1. The third kappa shape index (κ3) is 3.86. The minimum atomic E-state index is -0.450. The van der Waals surface area contributed by atoms with Crippen molar-refractivity contribution in [3.05, 3.63) is 58.1 Å². The summed E-state index contributed by atoms with van der Waals surface area (Å²) in [6.45, 7) is 0.401. The van der Waals surface area contributed by atoms with E-state index in [0.29, 0.717) is 12.2 Å². The van der Waals surface area contributed by atoms with E-state index in [4.69, 9.17) is 0 Å². The molecule has 2 rings (SSSR count).